The van der Waals surface area contributed by atoms with Crippen LogP contribution >= 0.6 is 15.9 Å². The first-order valence-electron chi connectivity index (χ1n) is 6.06. The first-order valence-corrected chi connectivity index (χ1v) is 6.85. The Morgan fingerprint density at radius 2 is 1.89 bits per heavy atom. The van der Waals surface area contributed by atoms with Gasteiger partial charge in [-0.1, -0.05) is 6.07 Å². The zero-order valence-electron chi connectivity index (χ0n) is 10.1. The predicted molar refractivity (Wildman–Crippen MR) is 72.5 cm³/mol. The number of furan rings is 1. The van der Waals surface area contributed by atoms with Crippen molar-refractivity contribution < 1.29 is 19.0 Å². The highest BCUT2D eigenvalue weighted by molar-refractivity contribution is 9.10. The molecule has 0 saturated heterocycles. The summed E-state index contributed by atoms with van der Waals surface area (Å²) in [4.78, 5) is 0. The van der Waals surface area contributed by atoms with Crippen LogP contribution in [0.3, 0.4) is 0 Å². The van der Waals surface area contributed by atoms with Crippen LogP contribution in [0.5, 0.6) is 11.5 Å². The summed E-state index contributed by atoms with van der Waals surface area (Å²) in [5.41, 5.74) is 0.708. The summed E-state index contributed by atoms with van der Waals surface area (Å²) >= 11 is 3.34. The molecule has 1 aromatic heterocycles. The molecule has 2 heterocycles. The van der Waals surface area contributed by atoms with Crippen LogP contribution in [0.1, 0.15) is 23.8 Å². The molecule has 0 saturated carbocycles. The van der Waals surface area contributed by atoms with Gasteiger partial charge in [0.05, 0.1) is 23.9 Å². The number of aliphatic hydroxyl groups excluding tert-OH is 1. The second kappa shape index (κ2) is 5.27. The maximum absolute atomic E-state index is 10.3. The quantitative estimate of drug-likeness (QED) is 0.921. The minimum absolute atomic E-state index is 0.481. The minimum atomic E-state index is -0.832. The zero-order chi connectivity index (χ0) is 13.2. The molecular formula is C14H13BrO4. The molecule has 0 amide bonds. The van der Waals surface area contributed by atoms with Gasteiger partial charge in [0, 0.05) is 6.42 Å². The largest absolute Gasteiger partial charge is 0.490 e. The number of aliphatic hydroxyl groups is 1. The Morgan fingerprint density at radius 1 is 1.11 bits per heavy atom. The van der Waals surface area contributed by atoms with Gasteiger partial charge in [-0.2, -0.15) is 0 Å². The lowest BCUT2D eigenvalue weighted by Crippen LogP contribution is -2.00. The highest BCUT2D eigenvalue weighted by atomic mass is 79.9. The van der Waals surface area contributed by atoms with Gasteiger partial charge in [-0.15, -0.1) is 0 Å². The van der Waals surface area contributed by atoms with Gasteiger partial charge >= 0.3 is 0 Å². The van der Waals surface area contributed by atoms with Crippen LogP contribution in [0.15, 0.2) is 39.4 Å². The molecule has 4 nitrogen and oxygen atoms in total. The molecule has 0 fully saturated rings. The summed E-state index contributed by atoms with van der Waals surface area (Å²) in [7, 11) is 0. The van der Waals surface area contributed by atoms with Crippen LogP contribution in [-0.4, -0.2) is 18.3 Å². The Bertz CT molecular complexity index is 579. The van der Waals surface area contributed by atoms with E-state index in [-0.39, 0.29) is 0 Å². The second-order valence-electron chi connectivity index (χ2n) is 4.29. The molecule has 19 heavy (non-hydrogen) atoms. The number of benzene rings is 1. The van der Waals surface area contributed by atoms with Crippen molar-refractivity contribution in [2.45, 2.75) is 12.5 Å². The second-order valence-corrected chi connectivity index (χ2v) is 5.15. The molecule has 1 aliphatic rings. The lowest BCUT2D eigenvalue weighted by molar-refractivity contribution is 0.187. The van der Waals surface area contributed by atoms with Crippen LogP contribution in [0.25, 0.3) is 0 Å². The van der Waals surface area contributed by atoms with Crippen LogP contribution < -0.4 is 9.47 Å². The SMILES string of the molecule is OC(c1ccc2c(c1)OCCCO2)c1occc1Br. The van der Waals surface area contributed by atoms with Gasteiger partial charge < -0.3 is 19.0 Å². The summed E-state index contributed by atoms with van der Waals surface area (Å²) in [6.45, 7) is 1.27. The van der Waals surface area contributed by atoms with E-state index in [9.17, 15) is 5.11 Å². The summed E-state index contributed by atoms with van der Waals surface area (Å²) in [6.07, 6.45) is 1.56. The van der Waals surface area contributed by atoms with Gasteiger partial charge in [-0.25, -0.2) is 0 Å². The summed E-state index contributed by atoms with van der Waals surface area (Å²) in [5, 5.41) is 10.3. The van der Waals surface area contributed by atoms with Crippen molar-refractivity contribution in [3.63, 3.8) is 0 Å². The van der Waals surface area contributed by atoms with Crippen LogP contribution in [-0.2, 0) is 0 Å². The van der Waals surface area contributed by atoms with Gasteiger partial charge in [0.25, 0.3) is 0 Å². The van der Waals surface area contributed by atoms with Gasteiger partial charge in [-0.3, -0.25) is 0 Å². The van der Waals surface area contributed by atoms with Crippen molar-refractivity contribution >= 4 is 15.9 Å². The van der Waals surface area contributed by atoms with E-state index in [1.807, 2.05) is 12.1 Å². The summed E-state index contributed by atoms with van der Waals surface area (Å²) < 4.78 is 17.2. The van der Waals surface area contributed by atoms with Crippen molar-refractivity contribution in [1.29, 1.82) is 0 Å². The fraction of sp³-hybridized carbons (Fsp3) is 0.286. The normalized spacial score (nSPS) is 15.9. The lowest BCUT2D eigenvalue weighted by atomic mass is 10.1. The lowest BCUT2D eigenvalue weighted by Gasteiger charge is -2.12. The molecule has 0 aliphatic carbocycles. The molecule has 0 radical (unpaired) electrons. The number of hydrogen-bond donors (Lipinski definition) is 1. The van der Waals surface area contributed by atoms with Crippen LogP contribution in [0, 0.1) is 0 Å². The Hall–Kier alpha value is -1.46. The fourth-order valence-corrected chi connectivity index (χ4v) is 2.42. The molecule has 0 spiro atoms. The maximum atomic E-state index is 10.3. The molecule has 100 valence electrons. The van der Waals surface area contributed by atoms with Gasteiger partial charge in [0.2, 0.25) is 0 Å². The Balaban J connectivity index is 1.93. The summed E-state index contributed by atoms with van der Waals surface area (Å²) in [5.74, 6) is 1.86. The van der Waals surface area contributed by atoms with E-state index in [0.29, 0.717) is 36.0 Å². The molecule has 1 N–H and O–H groups in total. The third-order valence-corrected chi connectivity index (χ3v) is 3.64. The highest BCUT2D eigenvalue weighted by Crippen LogP contribution is 2.35. The molecule has 3 rings (SSSR count). The third kappa shape index (κ3) is 2.48. The monoisotopic (exact) mass is 324 g/mol. The first-order chi connectivity index (χ1) is 9.25. The number of ether oxygens (including phenoxy) is 2. The van der Waals surface area contributed by atoms with E-state index in [1.54, 1.807) is 12.1 Å². The molecule has 0 bridgehead atoms. The molecular weight excluding hydrogens is 312 g/mol. The standard InChI is InChI=1S/C14H13BrO4/c15-10-4-7-19-14(10)13(16)9-2-3-11-12(8-9)18-6-1-5-17-11/h2-4,7-8,13,16H,1,5-6H2. The Morgan fingerprint density at radius 3 is 2.63 bits per heavy atom. The third-order valence-electron chi connectivity index (χ3n) is 2.98. The zero-order valence-corrected chi connectivity index (χ0v) is 11.7. The van der Waals surface area contributed by atoms with E-state index in [4.69, 9.17) is 13.9 Å². The van der Waals surface area contributed by atoms with E-state index in [0.717, 1.165) is 10.9 Å². The first kappa shape index (κ1) is 12.6. The number of fused-ring (bicyclic) bond motifs is 1. The molecule has 1 aliphatic heterocycles. The van der Waals surface area contributed by atoms with Crippen LogP contribution in [0.2, 0.25) is 0 Å². The number of halogens is 1. The minimum Gasteiger partial charge on any atom is -0.490 e. The van der Waals surface area contributed by atoms with Crippen molar-refractivity contribution in [3.05, 3.63) is 46.3 Å². The predicted octanol–water partition coefficient (Wildman–Crippen LogP) is 3.29. The van der Waals surface area contributed by atoms with Gasteiger partial charge in [0.15, 0.2) is 17.3 Å². The van der Waals surface area contributed by atoms with Crippen molar-refractivity contribution in [2.24, 2.45) is 0 Å². The van der Waals surface area contributed by atoms with Crippen molar-refractivity contribution in [3.8, 4) is 11.5 Å². The molecule has 1 aromatic carbocycles. The van der Waals surface area contributed by atoms with Gasteiger partial charge in [-0.05, 0) is 39.7 Å². The van der Waals surface area contributed by atoms with Gasteiger partial charge in [0.1, 0.15) is 6.10 Å². The average Bonchev–Trinajstić information content (AvgIpc) is 2.72. The fourth-order valence-electron chi connectivity index (χ4n) is 2.00. The van der Waals surface area contributed by atoms with E-state index in [2.05, 4.69) is 15.9 Å². The Labute approximate surface area is 119 Å². The Kier molecular flexibility index (Phi) is 3.48. The topological polar surface area (TPSA) is 51.8 Å². The smallest absolute Gasteiger partial charge is 0.161 e. The average molecular weight is 325 g/mol. The summed E-state index contributed by atoms with van der Waals surface area (Å²) in [6, 6.07) is 7.17. The molecule has 5 heteroatoms. The van der Waals surface area contributed by atoms with Crippen LogP contribution in [0.4, 0.5) is 0 Å². The van der Waals surface area contributed by atoms with E-state index >= 15 is 0 Å². The van der Waals surface area contributed by atoms with Crippen molar-refractivity contribution in [1.82, 2.24) is 0 Å². The molecule has 1 unspecified atom stereocenters. The number of rotatable bonds is 2. The number of hydrogen-bond acceptors (Lipinski definition) is 4. The molecule has 1 atom stereocenters. The molecule has 2 aromatic rings. The van der Waals surface area contributed by atoms with Crippen molar-refractivity contribution in [2.75, 3.05) is 13.2 Å². The highest BCUT2D eigenvalue weighted by Gasteiger charge is 2.20. The van der Waals surface area contributed by atoms with E-state index < -0.39 is 6.10 Å². The maximum Gasteiger partial charge on any atom is 0.161 e. The van der Waals surface area contributed by atoms with E-state index in [1.165, 1.54) is 6.26 Å².